The molecule has 0 unspecified atom stereocenters. The minimum absolute atomic E-state index is 0.123. The van der Waals surface area contributed by atoms with Gasteiger partial charge in [0.25, 0.3) is 0 Å². The molecule has 0 aliphatic carbocycles. The van der Waals surface area contributed by atoms with Gasteiger partial charge in [-0.15, -0.1) is 0 Å². The third kappa shape index (κ3) is 1.77. The third-order valence-corrected chi connectivity index (χ3v) is 1.75. The molecule has 0 fully saturated rings. The highest BCUT2D eigenvalue weighted by molar-refractivity contribution is 9.08. The van der Waals surface area contributed by atoms with E-state index >= 15 is 0 Å². The zero-order valence-corrected chi connectivity index (χ0v) is 6.87. The molecule has 0 aromatic carbocycles. The largest absolute Gasteiger partial charge is 0.459 e. The van der Waals surface area contributed by atoms with Crippen LogP contribution in [0.25, 0.3) is 0 Å². The van der Waals surface area contributed by atoms with Crippen molar-refractivity contribution in [2.45, 2.75) is 11.5 Å². The normalized spacial score (nSPS) is 12.0. The first-order valence-electron chi connectivity index (χ1n) is 2.75. The lowest BCUT2D eigenvalue weighted by atomic mass is 10.3. The fourth-order valence-corrected chi connectivity index (χ4v) is 1.13. The summed E-state index contributed by atoms with van der Waals surface area (Å²) < 4.78 is 40.1. The van der Waals surface area contributed by atoms with Gasteiger partial charge in [0.2, 0.25) is 5.76 Å². The molecule has 1 aromatic heterocycles. The van der Waals surface area contributed by atoms with E-state index in [-0.39, 0.29) is 10.9 Å². The highest BCUT2D eigenvalue weighted by atomic mass is 79.9. The van der Waals surface area contributed by atoms with Gasteiger partial charge >= 0.3 is 6.18 Å². The van der Waals surface area contributed by atoms with Gasteiger partial charge in [-0.05, 0) is 6.07 Å². The molecular formula is C6H4BrF3O. The first-order valence-corrected chi connectivity index (χ1v) is 3.87. The molecule has 0 saturated carbocycles. The summed E-state index contributed by atoms with van der Waals surface area (Å²) >= 11 is 2.92. The highest BCUT2D eigenvalue weighted by Crippen LogP contribution is 2.33. The quantitative estimate of drug-likeness (QED) is 0.674. The van der Waals surface area contributed by atoms with E-state index in [9.17, 15) is 13.2 Å². The number of alkyl halides is 4. The van der Waals surface area contributed by atoms with Gasteiger partial charge in [0, 0.05) is 10.9 Å². The average Bonchev–Trinajstić information content (AvgIpc) is 2.31. The minimum Gasteiger partial charge on any atom is -0.459 e. The molecule has 1 nitrogen and oxygen atoms in total. The SMILES string of the molecule is FC(F)(F)c1occc1CBr. The van der Waals surface area contributed by atoms with Crippen molar-refractivity contribution in [1.29, 1.82) is 0 Å². The molecular weight excluding hydrogens is 225 g/mol. The molecule has 0 N–H and O–H groups in total. The Hall–Kier alpha value is -0.450. The van der Waals surface area contributed by atoms with Crippen molar-refractivity contribution in [3.63, 3.8) is 0 Å². The van der Waals surface area contributed by atoms with E-state index in [1.54, 1.807) is 0 Å². The van der Waals surface area contributed by atoms with E-state index in [2.05, 4.69) is 20.3 Å². The molecule has 62 valence electrons. The van der Waals surface area contributed by atoms with Gasteiger partial charge in [0.1, 0.15) is 0 Å². The average molecular weight is 229 g/mol. The standard InChI is InChI=1S/C6H4BrF3O/c7-3-4-1-2-11-5(4)6(8,9)10/h1-2H,3H2. The number of hydrogen-bond donors (Lipinski definition) is 0. The van der Waals surface area contributed by atoms with Crippen LogP contribution in [0, 0.1) is 0 Å². The van der Waals surface area contributed by atoms with Crippen molar-refractivity contribution in [3.05, 3.63) is 23.7 Å². The van der Waals surface area contributed by atoms with Gasteiger partial charge in [-0.25, -0.2) is 0 Å². The molecule has 11 heavy (non-hydrogen) atoms. The molecule has 1 heterocycles. The van der Waals surface area contributed by atoms with Crippen LogP contribution in [0.2, 0.25) is 0 Å². The van der Waals surface area contributed by atoms with Crippen LogP contribution in [-0.4, -0.2) is 0 Å². The second-order valence-corrected chi connectivity index (χ2v) is 2.47. The van der Waals surface area contributed by atoms with Crippen LogP contribution in [0.3, 0.4) is 0 Å². The van der Waals surface area contributed by atoms with Crippen molar-refractivity contribution >= 4 is 15.9 Å². The van der Waals surface area contributed by atoms with Gasteiger partial charge in [-0.2, -0.15) is 13.2 Å². The summed E-state index contributed by atoms with van der Waals surface area (Å²) in [6.07, 6.45) is -3.36. The highest BCUT2D eigenvalue weighted by Gasteiger charge is 2.36. The molecule has 1 rings (SSSR count). The predicted octanol–water partition coefficient (Wildman–Crippen LogP) is 3.19. The van der Waals surface area contributed by atoms with E-state index in [1.807, 2.05) is 0 Å². The lowest BCUT2D eigenvalue weighted by Crippen LogP contribution is -2.05. The van der Waals surface area contributed by atoms with E-state index < -0.39 is 11.9 Å². The molecule has 0 aliphatic rings. The Kier molecular flexibility index (Phi) is 2.27. The summed E-state index contributed by atoms with van der Waals surface area (Å²) in [6.45, 7) is 0. The zero-order chi connectivity index (χ0) is 8.48. The van der Waals surface area contributed by atoms with Crippen LogP contribution in [0.15, 0.2) is 16.7 Å². The molecule has 0 radical (unpaired) electrons. The Morgan fingerprint density at radius 3 is 2.45 bits per heavy atom. The molecule has 5 heteroatoms. The summed E-state index contributed by atoms with van der Waals surface area (Å²) in [5.74, 6) is -0.922. The Balaban J connectivity index is 3.02. The Labute approximate surface area is 69.3 Å². The zero-order valence-electron chi connectivity index (χ0n) is 5.28. The number of rotatable bonds is 1. The monoisotopic (exact) mass is 228 g/mol. The summed E-state index contributed by atoms with van der Waals surface area (Å²) in [6, 6.07) is 1.29. The minimum atomic E-state index is -4.38. The molecule has 0 bridgehead atoms. The third-order valence-electron chi connectivity index (χ3n) is 1.15. The number of furan rings is 1. The van der Waals surface area contributed by atoms with Crippen molar-refractivity contribution in [2.24, 2.45) is 0 Å². The summed E-state index contributed by atoms with van der Waals surface area (Å²) in [7, 11) is 0. The number of hydrogen-bond acceptors (Lipinski definition) is 1. The van der Waals surface area contributed by atoms with Gasteiger partial charge in [0.15, 0.2) is 0 Å². The Bertz CT molecular complexity index is 240. The molecule has 0 amide bonds. The van der Waals surface area contributed by atoms with Crippen LogP contribution in [-0.2, 0) is 11.5 Å². The first-order chi connectivity index (χ1) is 5.05. The van der Waals surface area contributed by atoms with Gasteiger partial charge in [-0.3, -0.25) is 0 Å². The number of halogens is 4. The maximum absolute atomic E-state index is 12.0. The summed E-state index contributed by atoms with van der Waals surface area (Å²) in [5, 5.41) is 0.151. The van der Waals surface area contributed by atoms with Crippen molar-refractivity contribution < 1.29 is 17.6 Å². The fourth-order valence-electron chi connectivity index (χ4n) is 0.690. The maximum Gasteiger partial charge on any atom is 0.449 e. The van der Waals surface area contributed by atoms with E-state index in [1.165, 1.54) is 6.07 Å². The fraction of sp³-hybridized carbons (Fsp3) is 0.333. The van der Waals surface area contributed by atoms with Crippen LogP contribution >= 0.6 is 15.9 Å². The van der Waals surface area contributed by atoms with E-state index in [0.717, 1.165) is 6.26 Å². The second kappa shape index (κ2) is 2.89. The summed E-state index contributed by atoms with van der Waals surface area (Å²) in [5.41, 5.74) is 0.123. The Morgan fingerprint density at radius 1 is 1.45 bits per heavy atom. The molecule has 0 aliphatic heterocycles. The lowest BCUT2D eigenvalue weighted by molar-refractivity contribution is -0.153. The van der Waals surface area contributed by atoms with Crippen LogP contribution < -0.4 is 0 Å². The second-order valence-electron chi connectivity index (χ2n) is 1.91. The Morgan fingerprint density at radius 2 is 2.09 bits per heavy atom. The molecule has 0 atom stereocenters. The van der Waals surface area contributed by atoms with Crippen LogP contribution in [0.4, 0.5) is 13.2 Å². The summed E-state index contributed by atoms with van der Waals surface area (Å²) in [4.78, 5) is 0. The molecule has 0 spiro atoms. The van der Waals surface area contributed by atoms with Crippen LogP contribution in [0.5, 0.6) is 0 Å². The molecule has 0 saturated heterocycles. The van der Waals surface area contributed by atoms with E-state index in [4.69, 9.17) is 0 Å². The topological polar surface area (TPSA) is 13.1 Å². The van der Waals surface area contributed by atoms with Gasteiger partial charge in [0.05, 0.1) is 6.26 Å². The van der Waals surface area contributed by atoms with Crippen molar-refractivity contribution in [2.75, 3.05) is 0 Å². The smallest absolute Gasteiger partial charge is 0.449 e. The lowest BCUT2D eigenvalue weighted by Gasteiger charge is -2.02. The van der Waals surface area contributed by atoms with Crippen molar-refractivity contribution in [1.82, 2.24) is 0 Å². The van der Waals surface area contributed by atoms with Crippen molar-refractivity contribution in [3.8, 4) is 0 Å². The maximum atomic E-state index is 12.0. The van der Waals surface area contributed by atoms with Crippen LogP contribution in [0.1, 0.15) is 11.3 Å². The van der Waals surface area contributed by atoms with Gasteiger partial charge < -0.3 is 4.42 Å². The first kappa shape index (κ1) is 8.64. The van der Waals surface area contributed by atoms with E-state index in [0.29, 0.717) is 0 Å². The van der Waals surface area contributed by atoms with Gasteiger partial charge in [-0.1, -0.05) is 15.9 Å². The predicted molar refractivity (Wildman–Crippen MR) is 36.3 cm³/mol. The molecule has 1 aromatic rings.